The van der Waals surface area contributed by atoms with Crippen LogP contribution in [0.25, 0.3) is 0 Å². The lowest BCUT2D eigenvalue weighted by Crippen LogP contribution is -2.48. The number of nitrogens with zero attached hydrogens (tertiary/aromatic N) is 3. The molecule has 2 heterocycles. The zero-order chi connectivity index (χ0) is 18.5. The predicted octanol–water partition coefficient (Wildman–Crippen LogP) is 2.32. The number of likely N-dealkylation sites (tertiary alicyclic amines) is 1. The van der Waals surface area contributed by atoms with E-state index >= 15 is 0 Å². The van der Waals surface area contributed by atoms with Crippen molar-refractivity contribution in [3.63, 3.8) is 0 Å². The molecule has 0 aliphatic carbocycles. The Morgan fingerprint density at radius 2 is 1.85 bits per heavy atom. The third-order valence-corrected chi connectivity index (χ3v) is 5.50. The monoisotopic (exact) mass is 363 g/mol. The number of ether oxygens (including phenoxy) is 1. The summed E-state index contributed by atoms with van der Waals surface area (Å²) in [5.41, 5.74) is 0.337. The van der Waals surface area contributed by atoms with Gasteiger partial charge >= 0.3 is 0 Å². The normalized spacial score (nSPS) is 20.3. The molecule has 1 amide bonds. The lowest BCUT2D eigenvalue weighted by atomic mass is 9.95. The van der Waals surface area contributed by atoms with Crippen molar-refractivity contribution in [1.29, 1.82) is 0 Å². The first-order valence-corrected chi connectivity index (χ1v) is 9.70. The highest BCUT2D eigenvalue weighted by Crippen LogP contribution is 2.27. The van der Waals surface area contributed by atoms with E-state index in [1.165, 1.54) is 6.07 Å². The van der Waals surface area contributed by atoms with Crippen LogP contribution in [-0.2, 0) is 0 Å². The number of halogens is 1. The molecule has 3 rings (SSSR count). The quantitative estimate of drug-likeness (QED) is 0.804. The molecule has 6 heteroatoms. The van der Waals surface area contributed by atoms with E-state index in [1.807, 2.05) is 4.90 Å². The molecular formula is C20H30FN3O2. The van der Waals surface area contributed by atoms with Crippen molar-refractivity contribution in [3.8, 4) is 5.75 Å². The van der Waals surface area contributed by atoms with Gasteiger partial charge in [-0.25, -0.2) is 4.39 Å². The maximum Gasteiger partial charge on any atom is 0.257 e. The van der Waals surface area contributed by atoms with E-state index in [-0.39, 0.29) is 11.7 Å². The molecule has 2 fully saturated rings. The van der Waals surface area contributed by atoms with Crippen molar-refractivity contribution in [2.24, 2.45) is 5.92 Å². The van der Waals surface area contributed by atoms with Crippen molar-refractivity contribution in [2.75, 3.05) is 59.5 Å². The Hall–Kier alpha value is -1.66. The first-order chi connectivity index (χ1) is 12.6. The number of carbonyl (C=O) groups is 1. The summed E-state index contributed by atoms with van der Waals surface area (Å²) in [5.74, 6) is 0.134. The van der Waals surface area contributed by atoms with Crippen molar-refractivity contribution in [3.05, 3.63) is 29.6 Å². The Labute approximate surface area is 155 Å². The Morgan fingerprint density at radius 1 is 1.15 bits per heavy atom. The molecule has 144 valence electrons. The van der Waals surface area contributed by atoms with E-state index < -0.39 is 5.82 Å². The van der Waals surface area contributed by atoms with Gasteiger partial charge in [-0.05, 0) is 44.9 Å². The van der Waals surface area contributed by atoms with Gasteiger partial charge in [0.15, 0.2) is 11.6 Å². The van der Waals surface area contributed by atoms with Crippen molar-refractivity contribution < 1.29 is 13.9 Å². The second-order valence-corrected chi connectivity index (χ2v) is 7.39. The smallest absolute Gasteiger partial charge is 0.257 e. The standard InChI is InChI=1S/C20H30FN3O2/c1-3-26-19-17(5-4-6-18(19)21)20(25)24-9-7-16(8-10-24)15-23-13-11-22(2)12-14-23/h4-6,16H,3,7-15H2,1-2H3. The van der Waals surface area contributed by atoms with Crippen molar-refractivity contribution >= 4 is 5.91 Å². The maximum atomic E-state index is 14.0. The molecule has 0 saturated carbocycles. The first-order valence-electron chi connectivity index (χ1n) is 9.70. The highest BCUT2D eigenvalue weighted by molar-refractivity contribution is 5.97. The summed E-state index contributed by atoms with van der Waals surface area (Å²) in [7, 11) is 2.17. The van der Waals surface area contributed by atoms with Gasteiger partial charge in [-0.1, -0.05) is 6.07 Å². The summed E-state index contributed by atoms with van der Waals surface area (Å²) in [6, 6.07) is 4.57. The average Bonchev–Trinajstić information content (AvgIpc) is 2.65. The molecule has 0 spiro atoms. The molecule has 0 aromatic heterocycles. The summed E-state index contributed by atoms with van der Waals surface area (Å²) < 4.78 is 19.4. The lowest BCUT2D eigenvalue weighted by molar-refractivity contribution is 0.0639. The van der Waals surface area contributed by atoms with Crippen molar-refractivity contribution in [2.45, 2.75) is 19.8 Å². The highest BCUT2D eigenvalue weighted by Gasteiger charge is 2.28. The number of piperazine rings is 1. The van der Waals surface area contributed by atoms with Crippen LogP contribution in [0.1, 0.15) is 30.1 Å². The van der Waals surface area contributed by atoms with E-state index in [4.69, 9.17) is 4.74 Å². The number of piperidine rings is 1. The van der Waals surface area contributed by atoms with Crippen LogP contribution < -0.4 is 4.74 Å². The average molecular weight is 363 g/mol. The molecule has 2 saturated heterocycles. The zero-order valence-corrected chi connectivity index (χ0v) is 15.9. The number of hydrogen-bond donors (Lipinski definition) is 0. The second kappa shape index (κ2) is 8.82. The number of rotatable bonds is 5. The van der Waals surface area contributed by atoms with Crippen LogP contribution in [0.2, 0.25) is 0 Å². The zero-order valence-electron chi connectivity index (χ0n) is 15.9. The molecular weight excluding hydrogens is 333 g/mol. The van der Waals surface area contributed by atoms with Crippen LogP contribution in [0, 0.1) is 11.7 Å². The van der Waals surface area contributed by atoms with Gasteiger partial charge in [0.1, 0.15) is 0 Å². The van der Waals surface area contributed by atoms with Gasteiger partial charge in [-0.15, -0.1) is 0 Å². The third kappa shape index (κ3) is 4.54. The lowest BCUT2D eigenvalue weighted by Gasteiger charge is -2.38. The van der Waals surface area contributed by atoms with Crippen molar-refractivity contribution in [1.82, 2.24) is 14.7 Å². The van der Waals surface area contributed by atoms with Gasteiger partial charge in [0.25, 0.3) is 5.91 Å². The Kier molecular flexibility index (Phi) is 6.48. The predicted molar refractivity (Wildman–Crippen MR) is 100 cm³/mol. The second-order valence-electron chi connectivity index (χ2n) is 7.39. The minimum atomic E-state index is -0.470. The molecule has 5 nitrogen and oxygen atoms in total. The number of para-hydroxylation sites is 1. The maximum absolute atomic E-state index is 14.0. The Balaban J connectivity index is 1.55. The van der Waals surface area contributed by atoms with E-state index in [9.17, 15) is 9.18 Å². The Morgan fingerprint density at radius 3 is 2.50 bits per heavy atom. The van der Waals surface area contributed by atoms with Crippen LogP contribution in [0.15, 0.2) is 18.2 Å². The summed E-state index contributed by atoms with van der Waals surface area (Å²) >= 11 is 0. The fourth-order valence-corrected chi connectivity index (χ4v) is 3.85. The molecule has 0 atom stereocenters. The first kappa shape index (κ1) is 19.1. The topological polar surface area (TPSA) is 36.0 Å². The highest BCUT2D eigenvalue weighted by atomic mass is 19.1. The number of carbonyl (C=O) groups excluding carboxylic acids is 1. The molecule has 1 aromatic carbocycles. The van der Waals surface area contributed by atoms with Gasteiger partial charge in [-0.2, -0.15) is 0 Å². The molecule has 26 heavy (non-hydrogen) atoms. The van der Waals surface area contributed by atoms with Gasteiger partial charge < -0.3 is 19.4 Å². The number of benzene rings is 1. The van der Waals surface area contributed by atoms with E-state index in [1.54, 1.807) is 19.1 Å². The van der Waals surface area contributed by atoms with Crippen LogP contribution >= 0.6 is 0 Å². The summed E-state index contributed by atoms with van der Waals surface area (Å²) in [5, 5.41) is 0. The summed E-state index contributed by atoms with van der Waals surface area (Å²) in [6.07, 6.45) is 2.02. The number of hydrogen-bond acceptors (Lipinski definition) is 4. The van der Waals surface area contributed by atoms with Gasteiger partial charge in [-0.3, -0.25) is 4.79 Å². The molecule has 1 aromatic rings. The fraction of sp³-hybridized carbons (Fsp3) is 0.650. The van der Waals surface area contributed by atoms with E-state index in [0.29, 0.717) is 18.1 Å². The molecule has 0 radical (unpaired) electrons. The number of amides is 1. The number of likely N-dealkylation sites (N-methyl/N-ethyl adjacent to an activating group) is 1. The Bertz CT molecular complexity index is 609. The van der Waals surface area contributed by atoms with Gasteiger partial charge in [0.2, 0.25) is 0 Å². The SMILES string of the molecule is CCOc1c(F)cccc1C(=O)N1CCC(CN2CCN(C)CC2)CC1. The van der Waals surface area contributed by atoms with Crippen LogP contribution in [0.4, 0.5) is 4.39 Å². The van der Waals surface area contributed by atoms with Crippen LogP contribution in [0.3, 0.4) is 0 Å². The fourth-order valence-electron chi connectivity index (χ4n) is 3.85. The largest absolute Gasteiger partial charge is 0.490 e. The minimum absolute atomic E-state index is 0.0829. The van der Waals surface area contributed by atoms with E-state index in [0.717, 1.165) is 58.7 Å². The molecule has 2 aliphatic heterocycles. The molecule has 0 N–H and O–H groups in total. The molecule has 2 aliphatic rings. The van der Waals surface area contributed by atoms with E-state index in [2.05, 4.69) is 16.8 Å². The summed E-state index contributed by atoms with van der Waals surface area (Å²) in [6.45, 7) is 9.28. The van der Waals surface area contributed by atoms with Crippen LogP contribution in [-0.4, -0.2) is 80.1 Å². The summed E-state index contributed by atoms with van der Waals surface area (Å²) in [4.78, 5) is 19.6. The van der Waals surface area contributed by atoms with Gasteiger partial charge in [0, 0.05) is 45.8 Å². The third-order valence-electron chi connectivity index (χ3n) is 5.50. The minimum Gasteiger partial charge on any atom is -0.490 e. The van der Waals surface area contributed by atoms with Crippen LogP contribution in [0.5, 0.6) is 5.75 Å². The van der Waals surface area contributed by atoms with Gasteiger partial charge in [0.05, 0.1) is 12.2 Å². The molecule has 0 unspecified atom stereocenters. The molecule has 0 bridgehead atoms.